The molecule has 3 N–H and O–H groups in total. The van der Waals surface area contributed by atoms with Crippen LogP contribution >= 0.6 is 0 Å². The zero-order chi connectivity index (χ0) is 19.0. The summed E-state index contributed by atoms with van der Waals surface area (Å²) in [4.78, 5) is 40.5. The predicted molar refractivity (Wildman–Crippen MR) is 99.5 cm³/mol. The van der Waals surface area contributed by atoms with Crippen molar-refractivity contribution in [2.45, 2.75) is 44.8 Å². The molecule has 1 aromatic carbocycles. The number of piperidine rings is 1. The van der Waals surface area contributed by atoms with Crippen LogP contribution in [-0.4, -0.2) is 53.2 Å². The lowest BCUT2D eigenvalue weighted by atomic mass is 10.0. The van der Waals surface area contributed by atoms with Gasteiger partial charge in [-0.1, -0.05) is 12.1 Å². The Labute approximate surface area is 158 Å². The maximum absolute atomic E-state index is 12.9. The van der Waals surface area contributed by atoms with Gasteiger partial charge in [-0.05, 0) is 42.4 Å². The molecule has 0 aromatic heterocycles. The van der Waals surface area contributed by atoms with E-state index < -0.39 is 6.04 Å². The highest BCUT2D eigenvalue weighted by Gasteiger charge is 2.39. The van der Waals surface area contributed by atoms with Gasteiger partial charge in [0, 0.05) is 44.7 Å². The topological polar surface area (TPSA) is 95.7 Å². The first kappa shape index (κ1) is 18.1. The maximum Gasteiger partial charge on any atom is 0.255 e. The van der Waals surface area contributed by atoms with Gasteiger partial charge in [0.1, 0.15) is 6.04 Å². The van der Waals surface area contributed by atoms with Crippen LogP contribution in [0.1, 0.15) is 47.2 Å². The van der Waals surface area contributed by atoms with Crippen LogP contribution in [0.5, 0.6) is 0 Å². The van der Waals surface area contributed by atoms with Crippen molar-refractivity contribution in [2.75, 3.05) is 19.6 Å². The number of hydrogen-bond donors (Lipinski definition) is 2. The Morgan fingerprint density at radius 2 is 2.00 bits per heavy atom. The molecule has 3 aliphatic rings. The minimum atomic E-state index is -0.568. The predicted octanol–water partition coefficient (Wildman–Crippen LogP) is 0.618. The summed E-state index contributed by atoms with van der Waals surface area (Å²) < 4.78 is 0. The molecule has 7 nitrogen and oxygen atoms in total. The molecule has 1 saturated heterocycles. The highest BCUT2D eigenvalue weighted by Crippen LogP contribution is 2.32. The third-order valence-electron chi connectivity index (χ3n) is 5.73. The largest absolute Gasteiger partial charge is 0.329 e. The Morgan fingerprint density at radius 1 is 1.19 bits per heavy atom. The van der Waals surface area contributed by atoms with Crippen LogP contribution in [0.3, 0.4) is 0 Å². The third-order valence-corrected chi connectivity index (χ3v) is 5.73. The normalized spacial score (nSPS) is 22.4. The fourth-order valence-electron chi connectivity index (χ4n) is 4.12. The molecular formula is C20H26N4O3. The number of benzene rings is 1. The molecule has 2 aliphatic heterocycles. The van der Waals surface area contributed by atoms with E-state index in [0.29, 0.717) is 25.1 Å². The van der Waals surface area contributed by atoms with Crippen molar-refractivity contribution in [1.82, 2.24) is 15.1 Å². The lowest BCUT2D eigenvalue weighted by molar-refractivity contribution is -0.136. The Hall–Kier alpha value is -2.25. The minimum Gasteiger partial charge on any atom is -0.329 e. The second kappa shape index (κ2) is 7.40. The number of amides is 3. The van der Waals surface area contributed by atoms with E-state index in [0.717, 1.165) is 36.7 Å². The average molecular weight is 370 g/mol. The van der Waals surface area contributed by atoms with Gasteiger partial charge in [-0.3, -0.25) is 24.6 Å². The Bertz CT molecular complexity index is 774. The third kappa shape index (κ3) is 3.75. The summed E-state index contributed by atoms with van der Waals surface area (Å²) in [7, 11) is 0. The van der Waals surface area contributed by atoms with Crippen LogP contribution in [0, 0.1) is 5.92 Å². The number of hydrogen-bond acceptors (Lipinski definition) is 5. The van der Waals surface area contributed by atoms with Gasteiger partial charge >= 0.3 is 0 Å². The van der Waals surface area contributed by atoms with Crippen LogP contribution in [-0.2, 0) is 22.7 Å². The number of carbonyl (C=O) groups excluding carboxylic acids is 3. The first-order valence-electron chi connectivity index (χ1n) is 9.74. The summed E-state index contributed by atoms with van der Waals surface area (Å²) in [5.41, 5.74) is 8.60. The number of rotatable bonds is 7. The molecule has 1 atom stereocenters. The highest BCUT2D eigenvalue weighted by atomic mass is 16.2. The van der Waals surface area contributed by atoms with Gasteiger partial charge < -0.3 is 10.6 Å². The van der Waals surface area contributed by atoms with Crippen molar-refractivity contribution >= 4 is 17.7 Å². The Kier molecular flexibility index (Phi) is 4.97. The molecule has 1 unspecified atom stereocenters. The lowest BCUT2D eigenvalue weighted by Crippen LogP contribution is -2.52. The second-order valence-corrected chi connectivity index (χ2v) is 7.81. The molecule has 27 heavy (non-hydrogen) atoms. The van der Waals surface area contributed by atoms with Crippen molar-refractivity contribution in [3.05, 3.63) is 34.9 Å². The molecule has 2 heterocycles. The molecule has 1 saturated carbocycles. The number of nitrogens with two attached hydrogens (primary N) is 1. The zero-order valence-corrected chi connectivity index (χ0v) is 15.4. The van der Waals surface area contributed by atoms with Crippen molar-refractivity contribution in [2.24, 2.45) is 11.7 Å². The summed E-state index contributed by atoms with van der Waals surface area (Å²) in [6.07, 6.45) is 3.24. The molecular weight excluding hydrogens is 344 g/mol. The molecule has 144 valence electrons. The first-order chi connectivity index (χ1) is 13.1. The summed E-state index contributed by atoms with van der Waals surface area (Å²) in [6, 6.07) is 5.25. The van der Waals surface area contributed by atoms with E-state index in [1.165, 1.54) is 12.8 Å². The summed E-state index contributed by atoms with van der Waals surface area (Å²) in [5, 5.41) is 2.35. The number of carbonyl (C=O) groups is 3. The minimum absolute atomic E-state index is 0.117. The van der Waals surface area contributed by atoms with Crippen molar-refractivity contribution in [1.29, 1.82) is 0 Å². The van der Waals surface area contributed by atoms with Crippen molar-refractivity contribution in [3.8, 4) is 0 Å². The maximum atomic E-state index is 12.9. The van der Waals surface area contributed by atoms with Gasteiger partial charge in [-0.15, -0.1) is 0 Å². The van der Waals surface area contributed by atoms with Crippen LogP contribution in [0.4, 0.5) is 0 Å². The SMILES string of the molecule is NCCN(Cc1cccc2c1CN(C1CCC(=O)NC1=O)C2=O)CC1CC1. The molecule has 1 aliphatic carbocycles. The molecule has 1 aromatic rings. The Balaban J connectivity index is 1.53. The molecule has 0 bridgehead atoms. The zero-order valence-electron chi connectivity index (χ0n) is 15.4. The van der Waals surface area contributed by atoms with Gasteiger partial charge in [-0.25, -0.2) is 0 Å². The van der Waals surface area contributed by atoms with Crippen LogP contribution in [0.2, 0.25) is 0 Å². The van der Waals surface area contributed by atoms with Crippen molar-refractivity contribution < 1.29 is 14.4 Å². The molecule has 0 radical (unpaired) electrons. The first-order valence-corrected chi connectivity index (χ1v) is 9.74. The van der Waals surface area contributed by atoms with E-state index in [4.69, 9.17) is 5.73 Å². The van der Waals surface area contributed by atoms with Gasteiger partial charge in [-0.2, -0.15) is 0 Å². The lowest BCUT2D eigenvalue weighted by Gasteiger charge is -2.29. The fourth-order valence-corrected chi connectivity index (χ4v) is 4.12. The summed E-state index contributed by atoms with van der Waals surface area (Å²) >= 11 is 0. The smallest absolute Gasteiger partial charge is 0.255 e. The van der Waals surface area contributed by atoms with E-state index in [1.54, 1.807) is 4.90 Å². The molecule has 4 rings (SSSR count). The van der Waals surface area contributed by atoms with Gasteiger partial charge in [0.05, 0.1) is 0 Å². The number of nitrogens with one attached hydrogen (secondary N) is 1. The molecule has 3 amide bonds. The number of nitrogens with zero attached hydrogens (tertiary/aromatic N) is 2. The number of fused-ring (bicyclic) bond motifs is 1. The quantitative estimate of drug-likeness (QED) is 0.686. The average Bonchev–Trinajstić information content (AvgIpc) is 3.38. The van der Waals surface area contributed by atoms with Gasteiger partial charge in [0.2, 0.25) is 11.8 Å². The monoisotopic (exact) mass is 370 g/mol. The number of imide groups is 1. The molecule has 2 fully saturated rings. The second-order valence-electron chi connectivity index (χ2n) is 7.81. The van der Waals surface area contributed by atoms with Crippen LogP contribution < -0.4 is 11.1 Å². The van der Waals surface area contributed by atoms with E-state index in [9.17, 15) is 14.4 Å². The molecule has 7 heteroatoms. The van der Waals surface area contributed by atoms with E-state index >= 15 is 0 Å². The summed E-state index contributed by atoms with van der Waals surface area (Å²) in [6.45, 7) is 3.70. The Morgan fingerprint density at radius 3 is 2.70 bits per heavy atom. The van der Waals surface area contributed by atoms with Crippen LogP contribution in [0.15, 0.2) is 18.2 Å². The van der Waals surface area contributed by atoms with Gasteiger partial charge in [0.15, 0.2) is 0 Å². The van der Waals surface area contributed by atoms with Crippen molar-refractivity contribution in [3.63, 3.8) is 0 Å². The van der Waals surface area contributed by atoms with E-state index in [1.807, 2.05) is 12.1 Å². The summed E-state index contributed by atoms with van der Waals surface area (Å²) in [5.74, 6) is 0.0230. The van der Waals surface area contributed by atoms with Gasteiger partial charge in [0.25, 0.3) is 5.91 Å². The highest BCUT2D eigenvalue weighted by molar-refractivity contribution is 6.05. The standard InChI is InChI=1S/C20H26N4O3/c21-8-9-23(10-13-4-5-13)11-14-2-1-3-15-16(14)12-24(20(15)27)17-6-7-18(25)22-19(17)26/h1-3,13,17H,4-12,21H2,(H,22,25,26). The molecule has 0 spiro atoms. The van der Waals surface area contributed by atoms with E-state index in [-0.39, 0.29) is 24.1 Å². The van der Waals surface area contributed by atoms with E-state index in [2.05, 4.69) is 16.3 Å². The fraction of sp³-hybridized carbons (Fsp3) is 0.550. The van der Waals surface area contributed by atoms with Crippen LogP contribution in [0.25, 0.3) is 0 Å².